The molecule has 1 N–H and O–H groups in total. The van der Waals surface area contributed by atoms with E-state index in [0.717, 1.165) is 25.7 Å². The van der Waals surface area contributed by atoms with Gasteiger partial charge in [0.15, 0.2) is 0 Å². The van der Waals surface area contributed by atoms with E-state index >= 15 is 0 Å². The highest BCUT2D eigenvalue weighted by Crippen LogP contribution is 2.52. The lowest BCUT2D eigenvalue weighted by atomic mass is 10.1. The molecule has 2 aliphatic rings. The number of hydrogen-bond donors (Lipinski definition) is 1. The fraction of sp³-hybridized carbons (Fsp3) is 0.800. The fourth-order valence-corrected chi connectivity index (χ4v) is 4.40. The topological polar surface area (TPSA) is 74.7 Å². The Morgan fingerprint density at radius 1 is 1.38 bits per heavy atom. The predicted octanol–water partition coefficient (Wildman–Crippen LogP) is 2.29. The lowest BCUT2D eigenvalue weighted by molar-refractivity contribution is -0.141. The summed E-state index contributed by atoms with van der Waals surface area (Å²) in [6.07, 6.45) is 3.84. The third kappa shape index (κ3) is 3.59. The summed E-state index contributed by atoms with van der Waals surface area (Å²) in [4.78, 5) is 36.8. The summed E-state index contributed by atoms with van der Waals surface area (Å²) >= 11 is 1.47. The first kappa shape index (κ1) is 16.3. The molecule has 6 heteroatoms. The van der Waals surface area contributed by atoms with Crippen molar-refractivity contribution in [3.05, 3.63) is 0 Å². The molecule has 0 aromatic heterocycles. The average Bonchev–Trinajstić information content (AvgIpc) is 3.12. The number of rotatable bonds is 8. The number of nitrogens with zero attached hydrogens (tertiary/aromatic N) is 1. The zero-order chi connectivity index (χ0) is 15.6. The van der Waals surface area contributed by atoms with Crippen LogP contribution in [0.3, 0.4) is 0 Å². The average molecular weight is 313 g/mol. The maximum absolute atomic E-state index is 12.4. The van der Waals surface area contributed by atoms with Crippen LogP contribution in [0.4, 0.5) is 0 Å². The van der Waals surface area contributed by atoms with Crippen molar-refractivity contribution in [1.29, 1.82) is 0 Å². The molecular weight excluding hydrogens is 290 g/mol. The maximum Gasteiger partial charge on any atom is 0.303 e. The number of imide groups is 1. The van der Waals surface area contributed by atoms with Gasteiger partial charge < -0.3 is 5.11 Å². The van der Waals surface area contributed by atoms with Crippen molar-refractivity contribution in [2.45, 2.75) is 63.7 Å². The van der Waals surface area contributed by atoms with E-state index in [1.54, 1.807) is 0 Å². The molecule has 1 heterocycles. The molecule has 1 aliphatic heterocycles. The Balaban J connectivity index is 1.92. The first-order valence-corrected chi connectivity index (χ1v) is 8.66. The Morgan fingerprint density at radius 3 is 2.48 bits per heavy atom. The number of hydrogen-bond acceptors (Lipinski definition) is 4. The Kier molecular flexibility index (Phi) is 4.96. The molecule has 1 saturated heterocycles. The smallest absolute Gasteiger partial charge is 0.303 e. The van der Waals surface area contributed by atoms with Crippen molar-refractivity contribution in [3.63, 3.8) is 0 Å². The molecule has 0 aromatic rings. The summed E-state index contributed by atoms with van der Waals surface area (Å²) in [5.74, 6) is -0.264. The van der Waals surface area contributed by atoms with Crippen LogP contribution in [0, 0.1) is 5.41 Å². The van der Waals surface area contributed by atoms with Crippen LogP contribution in [0.1, 0.15) is 52.4 Å². The van der Waals surface area contributed by atoms with Crippen LogP contribution in [-0.2, 0) is 14.4 Å². The third-order valence-electron chi connectivity index (χ3n) is 4.52. The molecule has 1 saturated carbocycles. The van der Waals surface area contributed by atoms with Crippen LogP contribution in [0.2, 0.25) is 0 Å². The Morgan fingerprint density at radius 2 is 2.00 bits per heavy atom. The van der Waals surface area contributed by atoms with Gasteiger partial charge in [0, 0.05) is 18.2 Å². The summed E-state index contributed by atoms with van der Waals surface area (Å²) in [7, 11) is 0. The van der Waals surface area contributed by atoms with Crippen LogP contribution in [-0.4, -0.2) is 44.8 Å². The molecule has 21 heavy (non-hydrogen) atoms. The summed E-state index contributed by atoms with van der Waals surface area (Å²) in [6.45, 7) is 3.97. The molecule has 0 aromatic carbocycles. The van der Waals surface area contributed by atoms with Gasteiger partial charge in [0.25, 0.3) is 0 Å². The van der Waals surface area contributed by atoms with E-state index in [4.69, 9.17) is 5.11 Å². The van der Waals surface area contributed by atoms with E-state index in [0.29, 0.717) is 5.75 Å². The van der Waals surface area contributed by atoms with Gasteiger partial charge >= 0.3 is 5.97 Å². The Bertz CT molecular complexity index is 443. The predicted molar refractivity (Wildman–Crippen MR) is 81.0 cm³/mol. The molecule has 2 fully saturated rings. The number of carboxylic acid groups (broad SMARTS) is 1. The highest BCUT2D eigenvalue weighted by atomic mass is 32.2. The number of likely N-dealkylation sites (tertiary alicyclic amines) is 1. The number of amides is 2. The highest BCUT2D eigenvalue weighted by molar-refractivity contribution is 8.00. The quantitative estimate of drug-likeness (QED) is 0.696. The van der Waals surface area contributed by atoms with Crippen molar-refractivity contribution >= 4 is 29.5 Å². The normalized spacial score (nSPS) is 24.0. The lowest BCUT2D eigenvalue weighted by Crippen LogP contribution is -2.40. The van der Waals surface area contributed by atoms with Crippen molar-refractivity contribution in [2.24, 2.45) is 5.41 Å². The van der Waals surface area contributed by atoms with Gasteiger partial charge in [-0.05, 0) is 31.1 Å². The van der Waals surface area contributed by atoms with Crippen LogP contribution in [0.5, 0.6) is 0 Å². The van der Waals surface area contributed by atoms with E-state index < -0.39 is 5.97 Å². The molecule has 1 unspecified atom stereocenters. The Hall–Kier alpha value is -1.04. The van der Waals surface area contributed by atoms with Crippen LogP contribution >= 0.6 is 11.8 Å². The second-order valence-electron chi connectivity index (χ2n) is 6.15. The van der Waals surface area contributed by atoms with E-state index in [9.17, 15) is 14.4 Å². The van der Waals surface area contributed by atoms with E-state index in [1.807, 2.05) is 13.8 Å². The van der Waals surface area contributed by atoms with Crippen LogP contribution in [0.15, 0.2) is 0 Å². The molecule has 0 radical (unpaired) electrons. The number of carboxylic acids is 1. The van der Waals surface area contributed by atoms with Gasteiger partial charge in [-0.25, -0.2) is 0 Å². The van der Waals surface area contributed by atoms with Crippen molar-refractivity contribution < 1.29 is 19.5 Å². The van der Waals surface area contributed by atoms with E-state index in [-0.39, 0.29) is 41.4 Å². The second kappa shape index (κ2) is 6.38. The summed E-state index contributed by atoms with van der Waals surface area (Å²) in [5.41, 5.74) is -0.137. The summed E-state index contributed by atoms with van der Waals surface area (Å²) in [6, 6.07) is 0.00417. The van der Waals surface area contributed by atoms with Crippen molar-refractivity contribution in [2.75, 3.05) is 5.75 Å². The zero-order valence-electron chi connectivity index (χ0n) is 12.6. The minimum atomic E-state index is -0.777. The number of aliphatic carboxylic acids is 1. The van der Waals surface area contributed by atoms with E-state index in [1.165, 1.54) is 16.7 Å². The van der Waals surface area contributed by atoms with Gasteiger partial charge in [0.05, 0.1) is 11.7 Å². The van der Waals surface area contributed by atoms with Gasteiger partial charge in [-0.1, -0.05) is 13.8 Å². The maximum atomic E-state index is 12.4. The SMILES string of the molecule is CCC(CC)N1C(=O)CC(SCC2(CC(=O)O)CC2)C1=O. The van der Waals surface area contributed by atoms with Crippen molar-refractivity contribution in [1.82, 2.24) is 4.90 Å². The molecule has 0 bridgehead atoms. The van der Waals surface area contributed by atoms with Gasteiger partial charge in [-0.3, -0.25) is 19.3 Å². The number of thioether (sulfide) groups is 1. The second-order valence-corrected chi connectivity index (χ2v) is 7.34. The molecule has 2 rings (SSSR count). The molecule has 5 nitrogen and oxygen atoms in total. The minimum absolute atomic E-state index is 0.00417. The summed E-state index contributed by atoms with van der Waals surface area (Å²) < 4.78 is 0. The minimum Gasteiger partial charge on any atom is -0.481 e. The standard InChI is InChI=1S/C15H23NO4S/c1-3-10(4-2)16-12(17)7-11(14(16)20)21-9-15(5-6-15)8-13(18)19/h10-11H,3-9H2,1-2H3,(H,18,19). The number of carbonyl (C=O) groups excluding carboxylic acids is 2. The fourth-order valence-electron chi connectivity index (χ4n) is 2.94. The third-order valence-corrected chi connectivity index (χ3v) is 6.07. The highest BCUT2D eigenvalue weighted by Gasteiger charge is 2.47. The molecule has 118 valence electrons. The first-order chi connectivity index (χ1) is 9.92. The van der Waals surface area contributed by atoms with Gasteiger partial charge in [0.1, 0.15) is 0 Å². The summed E-state index contributed by atoms with van der Waals surface area (Å²) in [5, 5.41) is 8.60. The molecule has 0 spiro atoms. The van der Waals surface area contributed by atoms with Gasteiger partial charge in [-0.2, -0.15) is 0 Å². The van der Waals surface area contributed by atoms with Crippen LogP contribution < -0.4 is 0 Å². The monoisotopic (exact) mass is 313 g/mol. The first-order valence-electron chi connectivity index (χ1n) is 7.61. The lowest BCUT2D eigenvalue weighted by Gasteiger charge is -2.24. The van der Waals surface area contributed by atoms with E-state index in [2.05, 4.69) is 0 Å². The van der Waals surface area contributed by atoms with Crippen molar-refractivity contribution in [3.8, 4) is 0 Å². The van der Waals surface area contributed by atoms with Gasteiger partial charge in [0.2, 0.25) is 11.8 Å². The molecule has 1 atom stereocenters. The Labute approximate surface area is 129 Å². The molecular formula is C15H23NO4S. The largest absolute Gasteiger partial charge is 0.481 e. The van der Waals surface area contributed by atoms with Crippen LogP contribution in [0.25, 0.3) is 0 Å². The zero-order valence-corrected chi connectivity index (χ0v) is 13.4. The van der Waals surface area contributed by atoms with Gasteiger partial charge in [-0.15, -0.1) is 11.8 Å². The number of carbonyl (C=O) groups is 3. The molecule has 1 aliphatic carbocycles. The molecule has 2 amide bonds.